The van der Waals surface area contributed by atoms with Gasteiger partial charge in [-0.15, -0.1) is 0 Å². The molecule has 0 saturated heterocycles. The van der Waals surface area contributed by atoms with Gasteiger partial charge in [0.1, 0.15) is 11.4 Å². The van der Waals surface area contributed by atoms with Gasteiger partial charge in [0.2, 0.25) is 0 Å². The molecule has 160 valence electrons. The number of hydrogen-bond acceptors (Lipinski definition) is 3. The Kier molecular flexibility index (Phi) is 10.2. The highest BCUT2D eigenvalue weighted by atomic mass is 32.2. The Morgan fingerprint density at radius 3 is 1.83 bits per heavy atom. The molecule has 0 saturated carbocycles. The fourth-order valence-electron chi connectivity index (χ4n) is 3.31. The second-order valence-electron chi connectivity index (χ2n) is 7.80. The van der Waals surface area contributed by atoms with Crippen molar-refractivity contribution in [1.29, 1.82) is 0 Å². The highest BCUT2D eigenvalue weighted by Crippen LogP contribution is 2.18. The summed E-state index contributed by atoms with van der Waals surface area (Å²) in [6.45, 7) is 5.12. The Hall–Kier alpha value is -1.88. The minimum atomic E-state index is -3.79. The maximum absolute atomic E-state index is 12.3. The topological polar surface area (TPSA) is 47.2 Å². The normalized spacial score (nSPS) is 11.5. The van der Waals surface area contributed by atoms with E-state index in [1.54, 1.807) is 36.4 Å². The first-order valence-electron chi connectivity index (χ1n) is 11.0. The molecule has 2 rings (SSSR count). The molecule has 0 aliphatic rings. The first-order chi connectivity index (χ1) is 14.0. The molecule has 5 heteroatoms. The smallest absolute Gasteiger partial charge is 0.339 e. The Labute approximate surface area is 177 Å². The minimum absolute atomic E-state index is 0.171. The maximum Gasteiger partial charge on any atom is 0.339 e. The molecule has 1 aromatic heterocycles. The van der Waals surface area contributed by atoms with Crippen LogP contribution in [0.5, 0.6) is 5.75 Å². The van der Waals surface area contributed by atoms with Crippen LogP contribution in [0.15, 0.2) is 53.7 Å². The van der Waals surface area contributed by atoms with E-state index in [9.17, 15) is 8.42 Å². The molecule has 0 bridgehead atoms. The minimum Gasteiger partial charge on any atom is -0.378 e. The molecule has 0 atom stereocenters. The van der Waals surface area contributed by atoms with E-state index < -0.39 is 10.1 Å². The van der Waals surface area contributed by atoms with E-state index in [1.807, 2.05) is 19.3 Å². The largest absolute Gasteiger partial charge is 0.378 e. The van der Waals surface area contributed by atoms with Crippen molar-refractivity contribution >= 4 is 10.1 Å². The summed E-state index contributed by atoms with van der Waals surface area (Å²) < 4.78 is 32.0. The fraction of sp³-hybridized carbons (Fsp3) is 0.542. The predicted octanol–water partition coefficient (Wildman–Crippen LogP) is 5.97. The van der Waals surface area contributed by atoms with Crippen molar-refractivity contribution in [2.75, 3.05) is 0 Å². The second kappa shape index (κ2) is 12.6. The number of aryl methyl sites for hydroxylation is 2. The van der Waals surface area contributed by atoms with E-state index in [0.29, 0.717) is 5.75 Å². The Bertz CT molecular complexity index is 799. The van der Waals surface area contributed by atoms with Crippen LogP contribution in [0, 0.1) is 6.92 Å². The SMILES string of the molecule is CCCCCCCCCCCC[n+]1ccc(OS(=O)(=O)c2ccc(C)cc2)cc1. The number of nitrogens with zero attached hydrogens (tertiary/aromatic N) is 1. The van der Waals surface area contributed by atoms with Crippen molar-refractivity contribution in [3.05, 3.63) is 54.4 Å². The molecule has 4 nitrogen and oxygen atoms in total. The Morgan fingerprint density at radius 1 is 0.759 bits per heavy atom. The second-order valence-corrected chi connectivity index (χ2v) is 9.35. The molecule has 0 aliphatic heterocycles. The molecule has 0 radical (unpaired) electrons. The van der Waals surface area contributed by atoms with Crippen molar-refractivity contribution < 1.29 is 17.2 Å². The summed E-state index contributed by atoms with van der Waals surface area (Å²) in [5, 5.41) is 0. The van der Waals surface area contributed by atoms with Crippen molar-refractivity contribution in [1.82, 2.24) is 0 Å². The van der Waals surface area contributed by atoms with Gasteiger partial charge in [0.25, 0.3) is 0 Å². The van der Waals surface area contributed by atoms with Gasteiger partial charge >= 0.3 is 10.1 Å². The van der Waals surface area contributed by atoms with E-state index in [1.165, 1.54) is 57.8 Å². The fourth-order valence-corrected chi connectivity index (χ4v) is 4.24. The van der Waals surface area contributed by atoms with Crippen molar-refractivity contribution in [2.24, 2.45) is 0 Å². The van der Waals surface area contributed by atoms with Gasteiger partial charge < -0.3 is 4.18 Å². The number of hydrogen-bond donors (Lipinski definition) is 0. The number of rotatable bonds is 14. The zero-order valence-electron chi connectivity index (χ0n) is 18.0. The summed E-state index contributed by atoms with van der Waals surface area (Å²) in [5.74, 6) is 0.338. The van der Waals surface area contributed by atoms with Crippen LogP contribution in [-0.4, -0.2) is 8.42 Å². The van der Waals surface area contributed by atoms with Gasteiger partial charge in [0, 0.05) is 18.6 Å². The molecular weight excluding hydrogens is 382 g/mol. The van der Waals surface area contributed by atoms with Gasteiger partial charge in [-0.2, -0.15) is 8.42 Å². The average Bonchev–Trinajstić information content (AvgIpc) is 2.71. The van der Waals surface area contributed by atoms with Gasteiger partial charge in [-0.25, -0.2) is 4.57 Å². The number of benzene rings is 1. The lowest BCUT2D eigenvalue weighted by Crippen LogP contribution is -2.32. The van der Waals surface area contributed by atoms with Crippen LogP contribution in [-0.2, 0) is 16.7 Å². The summed E-state index contributed by atoms with van der Waals surface area (Å²) in [4.78, 5) is 0.171. The van der Waals surface area contributed by atoms with E-state index in [-0.39, 0.29) is 4.90 Å². The summed E-state index contributed by atoms with van der Waals surface area (Å²) >= 11 is 0. The lowest BCUT2D eigenvalue weighted by atomic mass is 10.1. The van der Waals surface area contributed by atoms with Gasteiger partial charge in [0.05, 0.1) is 0 Å². The van der Waals surface area contributed by atoms with Crippen molar-refractivity contribution in [3.63, 3.8) is 0 Å². The van der Waals surface area contributed by atoms with E-state index in [4.69, 9.17) is 4.18 Å². The van der Waals surface area contributed by atoms with Gasteiger partial charge in [-0.1, -0.05) is 76.0 Å². The molecule has 0 amide bonds. The van der Waals surface area contributed by atoms with Crippen LogP contribution in [0.4, 0.5) is 0 Å². The van der Waals surface area contributed by atoms with Crippen molar-refractivity contribution in [2.45, 2.75) is 89.5 Å². The molecule has 0 aliphatic carbocycles. The van der Waals surface area contributed by atoms with Gasteiger partial charge in [-0.3, -0.25) is 0 Å². The first kappa shape index (κ1) is 23.4. The lowest BCUT2D eigenvalue weighted by molar-refractivity contribution is -0.697. The third kappa shape index (κ3) is 8.99. The number of unbranched alkanes of at least 4 members (excludes halogenated alkanes) is 9. The average molecular weight is 419 g/mol. The first-order valence-corrected chi connectivity index (χ1v) is 12.4. The summed E-state index contributed by atoms with van der Waals surface area (Å²) in [6.07, 6.45) is 17.0. The standard InChI is InChI=1S/C24H36NO3S/c1-3-4-5-6-7-8-9-10-11-12-19-25-20-17-23(18-21-25)28-29(26,27)24-15-13-22(2)14-16-24/h13-18,20-21H,3-12,19H2,1-2H3/q+1. The van der Waals surface area contributed by atoms with Crippen LogP contribution < -0.4 is 8.75 Å². The van der Waals surface area contributed by atoms with Crippen molar-refractivity contribution in [3.8, 4) is 5.75 Å². The third-order valence-corrected chi connectivity index (χ3v) is 6.41. The van der Waals surface area contributed by atoms with Crippen LogP contribution in [0.1, 0.15) is 76.7 Å². The zero-order valence-corrected chi connectivity index (χ0v) is 18.8. The zero-order chi connectivity index (χ0) is 21.0. The van der Waals surface area contributed by atoms with Crippen LogP contribution in [0.2, 0.25) is 0 Å². The number of pyridine rings is 1. The highest BCUT2D eigenvalue weighted by Gasteiger charge is 2.17. The summed E-state index contributed by atoms with van der Waals surface area (Å²) in [5.41, 5.74) is 1.01. The van der Waals surface area contributed by atoms with E-state index >= 15 is 0 Å². The maximum atomic E-state index is 12.3. The molecule has 0 fully saturated rings. The molecule has 29 heavy (non-hydrogen) atoms. The lowest BCUT2D eigenvalue weighted by Gasteiger charge is -2.07. The molecule has 0 unspecified atom stereocenters. The van der Waals surface area contributed by atoms with E-state index in [2.05, 4.69) is 11.5 Å². The third-order valence-electron chi connectivity index (χ3n) is 5.15. The summed E-state index contributed by atoms with van der Waals surface area (Å²) in [7, 11) is -3.79. The van der Waals surface area contributed by atoms with Crippen LogP contribution in [0.25, 0.3) is 0 Å². The van der Waals surface area contributed by atoms with Crippen LogP contribution in [0.3, 0.4) is 0 Å². The Morgan fingerprint density at radius 2 is 1.28 bits per heavy atom. The monoisotopic (exact) mass is 418 g/mol. The molecule has 1 aromatic carbocycles. The van der Waals surface area contributed by atoms with Crippen LogP contribution >= 0.6 is 0 Å². The molecule has 1 heterocycles. The molecule has 0 spiro atoms. The predicted molar refractivity (Wildman–Crippen MR) is 117 cm³/mol. The summed E-state index contributed by atoms with van der Waals surface area (Å²) in [6, 6.07) is 10.1. The molecular formula is C24H36NO3S+. The highest BCUT2D eigenvalue weighted by molar-refractivity contribution is 7.87. The molecule has 0 N–H and O–H groups in total. The number of aromatic nitrogens is 1. The van der Waals surface area contributed by atoms with Gasteiger partial charge in [-0.05, 0) is 25.5 Å². The van der Waals surface area contributed by atoms with Gasteiger partial charge in [0.15, 0.2) is 18.1 Å². The quantitative estimate of drug-likeness (QED) is 0.216. The molecule has 2 aromatic rings. The van der Waals surface area contributed by atoms with E-state index in [0.717, 1.165) is 18.5 Å². The Balaban J connectivity index is 1.66.